The van der Waals surface area contributed by atoms with Gasteiger partial charge in [0.25, 0.3) is 5.56 Å². The van der Waals surface area contributed by atoms with Crippen molar-refractivity contribution in [2.75, 3.05) is 7.11 Å². The van der Waals surface area contributed by atoms with Gasteiger partial charge in [0.2, 0.25) is 0 Å². The number of nitrogens with one attached hydrogen (secondary N) is 1. The van der Waals surface area contributed by atoms with Gasteiger partial charge in [-0.25, -0.2) is 9.37 Å². The van der Waals surface area contributed by atoms with Crippen LogP contribution in [0.25, 0.3) is 11.4 Å². The first-order chi connectivity index (χ1) is 8.58. The molecule has 0 bridgehead atoms. The predicted molar refractivity (Wildman–Crippen MR) is 66.0 cm³/mol. The minimum atomic E-state index is -0.489. The van der Waals surface area contributed by atoms with Crippen LogP contribution in [0.1, 0.15) is 5.69 Å². The molecule has 1 aromatic carbocycles. The number of hydrogen-bond donors (Lipinski definition) is 1. The highest BCUT2D eigenvalue weighted by molar-refractivity contribution is 6.30. The molecule has 4 nitrogen and oxygen atoms in total. The SMILES string of the molecule is COCc1cc(=O)[nH]c(-c2cc(F)cc(Cl)c2)n1. The van der Waals surface area contributed by atoms with E-state index in [0.717, 1.165) is 0 Å². The van der Waals surface area contributed by atoms with Crippen LogP contribution in [0.5, 0.6) is 0 Å². The largest absolute Gasteiger partial charge is 0.378 e. The van der Waals surface area contributed by atoms with E-state index in [1.165, 1.54) is 31.4 Å². The molecule has 0 saturated carbocycles. The van der Waals surface area contributed by atoms with Crippen molar-refractivity contribution in [3.05, 3.63) is 51.2 Å². The average Bonchev–Trinajstić information content (AvgIpc) is 2.27. The number of methoxy groups -OCH3 is 1. The first kappa shape index (κ1) is 12.7. The Bertz CT molecular complexity index is 607. The standard InChI is InChI=1S/C12H10ClFN2O2/c1-18-6-10-5-11(17)16-12(15-10)7-2-8(13)4-9(14)3-7/h2-5H,6H2,1H3,(H,15,16,17). The number of nitrogens with zero attached hydrogens (tertiary/aromatic N) is 1. The van der Waals surface area contributed by atoms with Crippen molar-refractivity contribution in [3.63, 3.8) is 0 Å². The predicted octanol–water partition coefficient (Wildman–Crippen LogP) is 2.38. The van der Waals surface area contributed by atoms with Gasteiger partial charge in [-0.05, 0) is 18.2 Å². The van der Waals surface area contributed by atoms with Crippen LogP contribution < -0.4 is 5.56 Å². The van der Waals surface area contributed by atoms with Crippen LogP contribution in [-0.2, 0) is 11.3 Å². The maximum Gasteiger partial charge on any atom is 0.251 e. The van der Waals surface area contributed by atoms with Gasteiger partial charge < -0.3 is 9.72 Å². The molecule has 2 aromatic rings. The molecule has 1 heterocycles. The molecule has 0 radical (unpaired) electrons. The van der Waals surface area contributed by atoms with E-state index >= 15 is 0 Å². The smallest absolute Gasteiger partial charge is 0.251 e. The van der Waals surface area contributed by atoms with Crippen molar-refractivity contribution in [3.8, 4) is 11.4 Å². The number of hydrogen-bond acceptors (Lipinski definition) is 3. The van der Waals surface area contributed by atoms with Gasteiger partial charge in [-0.2, -0.15) is 0 Å². The second-order valence-corrected chi connectivity index (χ2v) is 4.11. The van der Waals surface area contributed by atoms with E-state index in [1.807, 2.05) is 0 Å². The van der Waals surface area contributed by atoms with Gasteiger partial charge >= 0.3 is 0 Å². The quantitative estimate of drug-likeness (QED) is 0.930. The molecule has 1 N–H and O–H groups in total. The van der Waals surface area contributed by atoms with Gasteiger partial charge in [0.05, 0.1) is 12.3 Å². The number of aromatic amines is 1. The van der Waals surface area contributed by atoms with Crippen molar-refractivity contribution in [1.82, 2.24) is 9.97 Å². The van der Waals surface area contributed by atoms with E-state index in [0.29, 0.717) is 11.3 Å². The van der Waals surface area contributed by atoms with Gasteiger partial charge in [-0.3, -0.25) is 4.79 Å². The summed E-state index contributed by atoms with van der Waals surface area (Å²) in [6.07, 6.45) is 0. The molecule has 18 heavy (non-hydrogen) atoms. The van der Waals surface area contributed by atoms with Crippen molar-refractivity contribution >= 4 is 11.6 Å². The zero-order valence-corrected chi connectivity index (χ0v) is 10.3. The number of aromatic nitrogens is 2. The van der Waals surface area contributed by atoms with E-state index in [9.17, 15) is 9.18 Å². The van der Waals surface area contributed by atoms with Crippen LogP contribution in [0.2, 0.25) is 5.02 Å². The summed E-state index contributed by atoms with van der Waals surface area (Å²) in [6, 6.07) is 5.29. The zero-order valence-electron chi connectivity index (χ0n) is 9.54. The second-order valence-electron chi connectivity index (χ2n) is 3.68. The molecule has 0 aliphatic rings. The van der Waals surface area contributed by atoms with Crippen molar-refractivity contribution in [1.29, 1.82) is 0 Å². The molecular formula is C12H10ClFN2O2. The fourth-order valence-electron chi connectivity index (χ4n) is 1.56. The molecule has 0 unspecified atom stereocenters. The van der Waals surface area contributed by atoms with Gasteiger partial charge in [0, 0.05) is 23.8 Å². The zero-order chi connectivity index (χ0) is 13.1. The number of rotatable bonds is 3. The Morgan fingerprint density at radius 1 is 1.39 bits per heavy atom. The highest BCUT2D eigenvalue weighted by Gasteiger charge is 2.06. The highest BCUT2D eigenvalue weighted by Crippen LogP contribution is 2.21. The number of ether oxygens (including phenoxy) is 1. The van der Waals surface area contributed by atoms with Crippen molar-refractivity contribution in [2.45, 2.75) is 6.61 Å². The number of H-pyrrole nitrogens is 1. The topological polar surface area (TPSA) is 55.0 Å². The highest BCUT2D eigenvalue weighted by atomic mass is 35.5. The Morgan fingerprint density at radius 3 is 2.83 bits per heavy atom. The minimum absolute atomic E-state index is 0.208. The lowest BCUT2D eigenvalue weighted by atomic mass is 10.2. The summed E-state index contributed by atoms with van der Waals surface area (Å²) in [7, 11) is 1.50. The fourth-order valence-corrected chi connectivity index (χ4v) is 1.78. The number of halogens is 2. The maximum atomic E-state index is 13.2. The summed E-state index contributed by atoms with van der Waals surface area (Å²) in [5.41, 5.74) is 0.555. The molecule has 0 spiro atoms. The van der Waals surface area contributed by atoms with Crippen LogP contribution in [0.3, 0.4) is 0 Å². The van der Waals surface area contributed by atoms with E-state index in [1.54, 1.807) is 0 Å². The molecule has 0 atom stereocenters. The summed E-state index contributed by atoms with van der Waals surface area (Å²) in [5, 5.41) is 0.241. The second kappa shape index (κ2) is 5.29. The Labute approximate surface area is 107 Å². The number of benzene rings is 1. The molecule has 6 heteroatoms. The first-order valence-electron chi connectivity index (χ1n) is 5.14. The molecule has 0 amide bonds. The molecule has 94 valence electrons. The first-order valence-corrected chi connectivity index (χ1v) is 5.52. The molecule has 1 aromatic heterocycles. The van der Waals surface area contributed by atoms with Crippen molar-refractivity contribution < 1.29 is 9.13 Å². The van der Waals surface area contributed by atoms with Crippen LogP contribution in [0.15, 0.2) is 29.1 Å². The Balaban J connectivity index is 2.52. The van der Waals surface area contributed by atoms with Gasteiger partial charge in [0.15, 0.2) is 0 Å². The maximum absolute atomic E-state index is 13.2. The monoisotopic (exact) mass is 268 g/mol. The average molecular weight is 269 g/mol. The van der Waals surface area contributed by atoms with Crippen LogP contribution >= 0.6 is 11.6 Å². The molecule has 0 aliphatic carbocycles. The lowest BCUT2D eigenvalue weighted by molar-refractivity contribution is 0.181. The van der Waals surface area contributed by atoms with Crippen molar-refractivity contribution in [2.24, 2.45) is 0 Å². The van der Waals surface area contributed by atoms with Crippen LogP contribution in [0, 0.1) is 5.82 Å². The molecular weight excluding hydrogens is 259 g/mol. The van der Waals surface area contributed by atoms with E-state index in [2.05, 4.69) is 9.97 Å². The Kier molecular flexibility index (Phi) is 3.74. The normalized spacial score (nSPS) is 10.6. The summed E-state index contributed by atoms with van der Waals surface area (Å²) in [5.74, 6) is -0.228. The third-order valence-corrected chi connectivity index (χ3v) is 2.44. The summed E-state index contributed by atoms with van der Waals surface area (Å²) in [6.45, 7) is 0.208. The molecule has 0 saturated heterocycles. The van der Waals surface area contributed by atoms with Gasteiger partial charge in [-0.1, -0.05) is 11.6 Å². The summed E-state index contributed by atoms with van der Waals surface area (Å²) < 4.78 is 18.1. The molecule has 2 rings (SSSR count). The lowest BCUT2D eigenvalue weighted by Gasteiger charge is -2.04. The van der Waals surface area contributed by atoms with Gasteiger partial charge in [0.1, 0.15) is 11.6 Å². The lowest BCUT2D eigenvalue weighted by Crippen LogP contribution is -2.11. The third kappa shape index (κ3) is 2.94. The third-order valence-electron chi connectivity index (χ3n) is 2.22. The summed E-state index contributed by atoms with van der Waals surface area (Å²) >= 11 is 5.76. The summed E-state index contributed by atoms with van der Waals surface area (Å²) in [4.78, 5) is 18.2. The van der Waals surface area contributed by atoms with E-state index < -0.39 is 5.82 Å². The van der Waals surface area contributed by atoms with Crippen LogP contribution in [-0.4, -0.2) is 17.1 Å². The van der Waals surface area contributed by atoms with Crippen LogP contribution in [0.4, 0.5) is 4.39 Å². The Morgan fingerprint density at radius 2 is 2.17 bits per heavy atom. The van der Waals surface area contributed by atoms with E-state index in [-0.39, 0.29) is 23.0 Å². The minimum Gasteiger partial charge on any atom is -0.378 e. The Hall–Kier alpha value is -1.72. The molecule has 0 aliphatic heterocycles. The van der Waals surface area contributed by atoms with E-state index in [4.69, 9.17) is 16.3 Å². The van der Waals surface area contributed by atoms with Gasteiger partial charge in [-0.15, -0.1) is 0 Å². The fraction of sp³-hybridized carbons (Fsp3) is 0.167. The molecule has 0 fully saturated rings.